The molecule has 0 aliphatic carbocycles. The highest BCUT2D eigenvalue weighted by Gasteiger charge is 2.74. The summed E-state index contributed by atoms with van der Waals surface area (Å²) in [5, 5.41) is 0. The van der Waals surface area contributed by atoms with E-state index >= 15 is 0 Å². The second-order valence-electron chi connectivity index (χ2n) is 4.36. The maximum atomic E-state index is 14.3. The summed E-state index contributed by atoms with van der Waals surface area (Å²) in [5.41, 5.74) is -8.00. The van der Waals surface area contributed by atoms with Crippen LogP contribution in [0.4, 0.5) is 30.7 Å². The van der Waals surface area contributed by atoms with Crippen molar-refractivity contribution in [3.05, 3.63) is 31.3 Å². The maximum absolute atomic E-state index is 14.3. The molecule has 0 N–H and O–H groups in total. The molecule has 0 saturated heterocycles. The fraction of sp³-hybridized carbons (Fsp3) is 0.455. The van der Waals surface area contributed by atoms with Crippen LogP contribution in [0.15, 0.2) is 16.6 Å². The average Bonchev–Trinajstić information content (AvgIpc) is 2.26. The van der Waals surface area contributed by atoms with Crippen molar-refractivity contribution in [3.8, 4) is 0 Å². The van der Waals surface area contributed by atoms with Gasteiger partial charge in [-0.15, -0.1) is 0 Å². The van der Waals surface area contributed by atoms with Gasteiger partial charge in [-0.3, -0.25) is 0 Å². The molecular formula is C11H4BrCl3F7I. The molecule has 1 aromatic carbocycles. The van der Waals surface area contributed by atoms with Gasteiger partial charge in [0.25, 0.3) is 0 Å². The Labute approximate surface area is 162 Å². The van der Waals surface area contributed by atoms with Gasteiger partial charge >= 0.3 is 18.0 Å². The fourth-order valence-electron chi connectivity index (χ4n) is 1.76. The number of rotatable bonds is 2. The van der Waals surface area contributed by atoms with Gasteiger partial charge < -0.3 is 0 Å². The highest BCUT2D eigenvalue weighted by atomic mass is 127. The minimum Gasteiger partial charge on any atom is -0.218 e. The molecule has 0 heterocycles. The van der Waals surface area contributed by atoms with E-state index < -0.39 is 39.4 Å². The molecule has 0 saturated carbocycles. The van der Waals surface area contributed by atoms with E-state index in [1.807, 2.05) is 0 Å². The number of hydrogen-bond acceptors (Lipinski definition) is 0. The van der Waals surface area contributed by atoms with Crippen molar-refractivity contribution in [2.75, 3.05) is 0 Å². The Morgan fingerprint density at radius 1 is 0.913 bits per heavy atom. The van der Waals surface area contributed by atoms with Crippen LogP contribution in [0, 0.1) is 3.57 Å². The summed E-state index contributed by atoms with van der Waals surface area (Å²) in [7, 11) is 0. The van der Waals surface area contributed by atoms with Gasteiger partial charge in [-0.2, -0.15) is 26.3 Å². The number of benzene rings is 1. The molecule has 1 rings (SSSR count). The third-order valence-corrected chi connectivity index (χ3v) is 4.42. The molecule has 0 amide bonds. The molecule has 132 valence electrons. The van der Waals surface area contributed by atoms with Crippen LogP contribution >= 0.6 is 73.3 Å². The number of hydrogen-bond donors (Lipinski definition) is 0. The summed E-state index contributed by atoms with van der Waals surface area (Å²) in [6.07, 6.45) is -13.4. The van der Waals surface area contributed by atoms with Gasteiger partial charge in [-0.05, 0) is 40.3 Å². The molecule has 0 atom stereocenters. The first kappa shape index (κ1) is 21.9. The van der Waals surface area contributed by atoms with Crippen LogP contribution in [0.25, 0.3) is 0 Å². The highest BCUT2D eigenvalue weighted by Crippen LogP contribution is 2.55. The smallest absolute Gasteiger partial charge is 0.218 e. The lowest BCUT2D eigenvalue weighted by atomic mass is 9.89. The topological polar surface area (TPSA) is 0 Å². The van der Waals surface area contributed by atoms with Crippen molar-refractivity contribution in [3.63, 3.8) is 0 Å². The molecule has 0 radical (unpaired) electrons. The van der Waals surface area contributed by atoms with Gasteiger partial charge in [0.05, 0.1) is 0 Å². The van der Waals surface area contributed by atoms with Crippen molar-refractivity contribution in [1.29, 1.82) is 0 Å². The Hall–Kier alpha value is 0.810. The third-order valence-electron chi connectivity index (χ3n) is 2.69. The van der Waals surface area contributed by atoms with E-state index in [1.54, 1.807) is 0 Å². The number of alkyl halides is 10. The Bertz CT molecular complexity index is 581. The molecule has 0 bridgehead atoms. The monoisotopic (exact) mass is 580 g/mol. The van der Waals surface area contributed by atoms with Crippen LogP contribution in [0.5, 0.6) is 0 Å². The van der Waals surface area contributed by atoms with Crippen LogP contribution < -0.4 is 0 Å². The zero-order chi connectivity index (χ0) is 18.4. The zero-order valence-corrected chi connectivity index (χ0v) is 16.4. The van der Waals surface area contributed by atoms with Crippen molar-refractivity contribution in [1.82, 2.24) is 0 Å². The lowest BCUT2D eigenvalue weighted by Crippen LogP contribution is -2.51. The van der Waals surface area contributed by atoms with E-state index in [-0.39, 0.29) is 8.04 Å². The van der Waals surface area contributed by atoms with E-state index in [4.69, 9.17) is 34.8 Å². The van der Waals surface area contributed by atoms with Gasteiger partial charge in [0.2, 0.25) is 0 Å². The van der Waals surface area contributed by atoms with Crippen LogP contribution in [-0.4, -0.2) is 16.1 Å². The quantitative estimate of drug-likeness (QED) is 0.196. The van der Waals surface area contributed by atoms with Crippen LogP contribution in [0.1, 0.15) is 11.1 Å². The van der Waals surface area contributed by atoms with Gasteiger partial charge in [0, 0.05) is 20.0 Å². The van der Waals surface area contributed by atoms with Gasteiger partial charge in [0.15, 0.2) is 3.79 Å². The molecule has 23 heavy (non-hydrogen) atoms. The highest BCUT2D eigenvalue weighted by molar-refractivity contribution is 14.1. The molecule has 0 aromatic heterocycles. The SMILES string of the molecule is FC(F)(F)C(F)(c1cc(I)cc(Br)c1CC(Cl)(Cl)Cl)C(F)(F)F. The normalized spacial score (nSPS) is 14.3. The first-order chi connectivity index (χ1) is 10.0. The third kappa shape index (κ3) is 4.71. The maximum Gasteiger partial charge on any atom is 0.435 e. The van der Waals surface area contributed by atoms with Crippen molar-refractivity contribution in [2.24, 2.45) is 0 Å². The van der Waals surface area contributed by atoms with Crippen LogP contribution in [-0.2, 0) is 12.1 Å². The fourth-order valence-corrected chi connectivity index (χ4v) is 3.81. The first-order valence-corrected chi connectivity index (χ1v) is 8.39. The van der Waals surface area contributed by atoms with E-state index in [2.05, 4.69) is 15.9 Å². The first-order valence-electron chi connectivity index (χ1n) is 5.38. The lowest BCUT2D eigenvalue weighted by molar-refractivity contribution is -0.348. The van der Waals surface area contributed by atoms with E-state index in [0.717, 1.165) is 0 Å². The predicted octanol–water partition coefficient (Wildman–Crippen LogP) is 7.26. The Morgan fingerprint density at radius 3 is 1.70 bits per heavy atom. The van der Waals surface area contributed by atoms with Gasteiger partial charge in [-0.1, -0.05) is 50.7 Å². The molecule has 0 fully saturated rings. The van der Waals surface area contributed by atoms with Gasteiger partial charge in [0.1, 0.15) is 0 Å². The molecule has 0 aliphatic heterocycles. The molecule has 0 unspecified atom stereocenters. The van der Waals surface area contributed by atoms with E-state index in [9.17, 15) is 30.7 Å². The van der Waals surface area contributed by atoms with Crippen LogP contribution in [0.2, 0.25) is 0 Å². The summed E-state index contributed by atoms with van der Waals surface area (Å²) < 4.78 is 89.5. The molecule has 0 nitrogen and oxygen atoms in total. The molecule has 12 heteroatoms. The molecule has 0 aliphatic rings. The summed E-state index contributed by atoms with van der Waals surface area (Å²) in [4.78, 5) is 0. The zero-order valence-electron chi connectivity index (χ0n) is 10.4. The Balaban J connectivity index is 3.80. The molecule has 0 spiro atoms. The Kier molecular flexibility index (Phi) is 6.50. The average molecular weight is 582 g/mol. The lowest BCUT2D eigenvalue weighted by Gasteiger charge is -2.33. The van der Waals surface area contributed by atoms with Crippen LogP contribution in [0.3, 0.4) is 0 Å². The second-order valence-corrected chi connectivity index (χ2v) is 8.98. The second kappa shape index (κ2) is 6.85. The van der Waals surface area contributed by atoms with Crippen molar-refractivity contribution >= 4 is 73.3 Å². The number of halogens is 12. The standard InChI is InChI=1S/C11H4BrCl3F7I/c12-7-2-4(23)1-6(5(7)3-8(13,14)15)9(16,10(17,18)19)11(20,21)22/h1-2H,3H2. The minimum absolute atomic E-state index is 0.0620. The summed E-state index contributed by atoms with van der Waals surface area (Å²) in [5.74, 6) is 0. The van der Waals surface area contributed by atoms with E-state index in [1.165, 1.54) is 28.7 Å². The molecule has 1 aromatic rings. The van der Waals surface area contributed by atoms with Crippen molar-refractivity contribution < 1.29 is 30.7 Å². The minimum atomic E-state index is -6.25. The summed E-state index contributed by atoms with van der Waals surface area (Å²) in [6.45, 7) is 0. The Morgan fingerprint density at radius 2 is 1.35 bits per heavy atom. The van der Waals surface area contributed by atoms with Crippen molar-refractivity contribution in [2.45, 2.75) is 28.2 Å². The predicted molar refractivity (Wildman–Crippen MR) is 85.7 cm³/mol. The largest absolute Gasteiger partial charge is 0.435 e. The van der Waals surface area contributed by atoms with E-state index in [0.29, 0.717) is 6.07 Å². The summed E-state index contributed by atoms with van der Waals surface area (Å²) >= 11 is 20.6. The summed E-state index contributed by atoms with van der Waals surface area (Å²) in [6, 6.07) is 1.61. The molecular weight excluding hydrogens is 578 g/mol. The van der Waals surface area contributed by atoms with Gasteiger partial charge in [-0.25, -0.2) is 4.39 Å².